The number of carbonyl (C=O) groups excluding carboxylic acids is 1. The lowest BCUT2D eigenvalue weighted by atomic mass is 9.93. The highest BCUT2D eigenvalue weighted by atomic mass is 79.9. The van der Waals surface area contributed by atoms with Gasteiger partial charge in [0.2, 0.25) is 0 Å². The maximum atomic E-state index is 14.3. The van der Waals surface area contributed by atoms with E-state index in [1.54, 1.807) is 0 Å². The summed E-state index contributed by atoms with van der Waals surface area (Å²) in [5.41, 5.74) is -0.319. The maximum Gasteiger partial charge on any atom is 0.264 e. The van der Waals surface area contributed by atoms with Crippen molar-refractivity contribution in [1.29, 1.82) is 0 Å². The highest BCUT2D eigenvalue weighted by Gasteiger charge is 2.34. The summed E-state index contributed by atoms with van der Waals surface area (Å²) in [6.07, 6.45) is 0.815. The standard InChI is InChI=1S/C13H14BrClFNO3S/c1-13(2)3-4-17(7-13)12(18)9-5-8(14)6-10(11(9)16)21(15,19)20/h5-6H,3-4,7H2,1-2H3. The van der Waals surface area contributed by atoms with Gasteiger partial charge in [-0.15, -0.1) is 0 Å². The van der Waals surface area contributed by atoms with E-state index in [0.717, 1.165) is 12.5 Å². The van der Waals surface area contributed by atoms with E-state index in [4.69, 9.17) is 10.7 Å². The molecule has 8 heteroatoms. The molecule has 0 atom stereocenters. The highest BCUT2D eigenvalue weighted by Crippen LogP contribution is 2.32. The van der Waals surface area contributed by atoms with Gasteiger partial charge >= 0.3 is 0 Å². The lowest BCUT2D eigenvalue weighted by Crippen LogP contribution is -2.31. The van der Waals surface area contributed by atoms with Crippen LogP contribution in [0, 0.1) is 11.2 Å². The fourth-order valence-electron chi connectivity index (χ4n) is 2.35. The minimum Gasteiger partial charge on any atom is -0.338 e. The van der Waals surface area contributed by atoms with Crippen molar-refractivity contribution in [3.05, 3.63) is 28.0 Å². The minimum atomic E-state index is -4.26. The minimum absolute atomic E-state index is 0.0282. The van der Waals surface area contributed by atoms with Crippen molar-refractivity contribution in [2.75, 3.05) is 13.1 Å². The van der Waals surface area contributed by atoms with Gasteiger partial charge in [0.05, 0.1) is 5.56 Å². The first-order valence-corrected chi connectivity index (χ1v) is 9.34. The van der Waals surface area contributed by atoms with E-state index in [-0.39, 0.29) is 15.5 Å². The molecule has 0 bridgehead atoms. The highest BCUT2D eigenvalue weighted by molar-refractivity contribution is 9.10. The number of rotatable bonds is 2. The molecule has 21 heavy (non-hydrogen) atoms. The quantitative estimate of drug-likeness (QED) is 0.718. The molecule has 0 aliphatic carbocycles. The van der Waals surface area contributed by atoms with Gasteiger partial charge in [-0.25, -0.2) is 12.8 Å². The molecular formula is C13H14BrClFNO3S. The molecule has 1 aromatic carbocycles. The molecule has 0 N–H and O–H groups in total. The summed E-state index contributed by atoms with van der Waals surface area (Å²) in [4.78, 5) is 13.2. The summed E-state index contributed by atoms with van der Waals surface area (Å²) in [5.74, 6) is -1.64. The maximum absolute atomic E-state index is 14.3. The van der Waals surface area contributed by atoms with Crippen molar-refractivity contribution in [3.8, 4) is 0 Å². The molecule has 0 radical (unpaired) electrons. The lowest BCUT2D eigenvalue weighted by Gasteiger charge is -2.20. The topological polar surface area (TPSA) is 54.5 Å². The van der Waals surface area contributed by atoms with Gasteiger partial charge in [0, 0.05) is 28.2 Å². The van der Waals surface area contributed by atoms with E-state index in [1.165, 1.54) is 11.0 Å². The monoisotopic (exact) mass is 397 g/mol. The van der Waals surface area contributed by atoms with Crippen molar-refractivity contribution in [2.45, 2.75) is 25.2 Å². The number of benzene rings is 1. The van der Waals surface area contributed by atoms with Crippen LogP contribution < -0.4 is 0 Å². The smallest absolute Gasteiger partial charge is 0.264 e. The van der Waals surface area contributed by atoms with Crippen molar-refractivity contribution >= 4 is 41.6 Å². The SMILES string of the molecule is CC1(C)CCN(C(=O)c2cc(Br)cc(S(=O)(=O)Cl)c2F)C1. The van der Waals surface area contributed by atoms with Gasteiger partial charge in [-0.1, -0.05) is 29.8 Å². The van der Waals surface area contributed by atoms with Crippen molar-refractivity contribution in [3.63, 3.8) is 0 Å². The number of hydrogen-bond donors (Lipinski definition) is 0. The van der Waals surface area contributed by atoms with Gasteiger partial charge in [0.1, 0.15) is 4.90 Å². The Bertz CT molecular complexity index is 706. The number of amides is 1. The van der Waals surface area contributed by atoms with Gasteiger partial charge in [-0.05, 0) is 24.0 Å². The Labute approximate surface area is 135 Å². The van der Waals surface area contributed by atoms with Crippen LogP contribution in [0.15, 0.2) is 21.5 Å². The van der Waals surface area contributed by atoms with Gasteiger partial charge < -0.3 is 4.90 Å². The predicted octanol–water partition coefficient (Wildman–Crippen LogP) is 3.39. The molecule has 0 spiro atoms. The Morgan fingerprint density at radius 1 is 1.43 bits per heavy atom. The van der Waals surface area contributed by atoms with Crippen molar-refractivity contribution < 1.29 is 17.6 Å². The van der Waals surface area contributed by atoms with Crippen LogP contribution in [0.4, 0.5) is 4.39 Å². The van der Waals surface area contributed by atoms with Crippen LogP contribution in [0.2, 0.25) is 0 Å². The third-order valence-electron chi connectivity index (χ3n) is 3.46. The Morgan fingerprint density at radius 3 is 2.52 bits per heavy atom. The average molecular weight is 399 g/mol. The second-order valence-electron chi connectivity index (χ2n) is 5.84. The molecule has 0 unspecified atom stereocenters. The van der Waals surface area contributed by atoms with Crippen LogP contribution in [0.1, 0.15) is 30.6 Å². The van der Waals surface area contributed by atoms with Crippen LogP contribution >= 0.6 is 26.6 Å². The third kappa shape index (κ3) is 3.57. The lowest BCUT2D eigenvalue weighted by molar-refractivity contribution is 0.0773. The Kier molecular flexibility index (Phi) is 4.39. The van der Waals surface area contributed by atoms with E-state index in [2.05, 4.69) is 15.9 Å². The zero-order valence-corrected chi connectivity index (χ0v) is 14.6. The number of carbonyl (C=O) groups is 1. The number of hydrogen-bond acceptors (Lipinski definition) is 3. The summed E-state index contributed by atoms with van der Waals surface area (Å²) >= 11 is 3.08. The number of likely N-dealkylation sites (tertiary alicyclic amines) is 1. The summed E-state index contributed by atoms with van der Waals surface area (Å²) < 4.78 is 37.4. The van der Waals surface area contributed by atoms with E-state index in [0.29, 0.717) is 13.1 Å². The van der Waals surface area contributed by atoms with E-state index < -0.39 is 25.7 Å². The molecule has 1 fully saturated rings. The van der Waals surface area contributed by atoms with Crippen molar-refractivity contribution in [1.82, 2.24) is 4.90 Å². The third-order valence-corrected chi connectivity index (χ3v) is 5.24. The fraction of sp³-hybridized carbons (Fsp3) is 0.462. The van der Waals surface area contributed by atoms with Crippen LogP contribution in [-0.4, -0.2) is 32.3 Å². The van der Waals surface area contributed by atoms with Crippen molar-refractivity contribution in [2.24, 2.45) is 5.41 Å². The van der Waals surface area contributed by atoms with E-state index >= 15 is 0 Å². The first-order chi connectivity index (χ1) is 9.51. The van der Waals surface area contributed by atoms with E-state index in [9.17, 15) is 17.6 Å². The Hall–Kier alpha value is -0.660. The van der Waals surface area contributed by atoms with Crippen LogP contribution in [0.5, 0.6) is 0 Å². The van der Waals surface area contributed by atoms with Crippen LogP contribution in [-0.2, 0) is 9.05 Å². The molecule has 0 aromatic heterocycles. The van der Waals surface area contributed by atoms with Gasteiger partial charge in [-0.2, -0.15) is 0 Å². The summed E-state index contributed by atoms with van der Waals surface area (Å²) in [6.45, 7) is 5.06. The zero-order chi connectivity index (χ0) is 16.0. The summed E-state index contributed by atoms with van der Waals surface area (Å²) in [7, 11) is 0.942. The largest absolute Gasteiger partial charge is 0.338 e. The molecule has 1 amide bonds. The molecule has 1 aromatic rings. The van der Waals surface area contributed by atoms with Gasteiger partial charge in [-0.3, -0.25) is 4.79 Å². The summed E-state index contributed by atoms with van der Waals surface area (Å²) in [5, 5.41) is 0. The molecular weight excluding hydrogens is 385 g/mol. The molecule has 2 rings (SSSR count). The number of nitrogens with zero attached hydrogens (tertiary/aromatic N) is 1. The normalized spacial score (nSPS) is 18.0. The summed E-state index contributed by atoms with van der Waals surface area (Å²) in [6, 6.07) is 2.32. The van der Waals surface area contributed by atoms with Gasteiger partial charge in [0.25, 0.3) is 15.0 Å². The first kappa shape index (κ1) is 16.7. The Balaban J connectivity index is 2.46. The second-order valence-corrected chi connectivity index (χ2v) is 9.29. The Morgan fingerprint density at radius 2 is 2.05 bits per heavy atom. The molecule has 4 nitrogen and oxygen atoms in total. The number of halogens is 3. The van der Waals surface area contributed by atoms with Gasteiger partial charge in [0.15, 0.2) is 5.82 Å². The zero-order valence-electron chi connectivity index (χ0n) is 11.5. The second kappa shape index (κ2) is 5.52. The molecule has 0 saturated carbocycles. The van der Waals surface area contributed by atoms with Crippen LogP contribution in [0.3, 0.4) is 0 Å². The predicted molar refractivity (Wildman–Crippen MR) is 81.4 cm³/mol. The van der Waals surface area contributed by atoms with E-state index in [1.807, 2.05) is 13.8 Å². The average Bonchev–Trinajstić information content (AvgIpc) is 2.70. The fourth-order valence-corrected chi connectivity index (χ4v) is 3.89. The molecule has 1 aliphatic rings. The molecule has 1 saturated heterocycles. The first-order valence-electron chi connectivity index (χ1n) is 6.24. The van der Waals surface area contributed by atoms with Crippen LogP contribution in [0.25, 0.3) is 0 Å². The molecule has 1 heterocycles. The molecule has 116 valence electrons. The molecule has 1 aliphatic heterocycles.